The molecule has 6 nitrogen and oxygen atoms in total. The Morgan fingerprint density at radius 3 is 2.88 bits per heavy atom. The molecule has 1 aromatic carbocycles. The second kappa shape index (κ2) is 7.46. The first-order valence-corrected chi connectivity index (χ1v) is 8.12. The summed E-state index contributed by atoms with van der Waals surface area (Å²) < 4.78 is 13.3. The van der Waals surface area contributed by atoms with Crippen LogP contribution in [-0.4, -0.2) is 21.1 Å². The highest BCUT2D eigenvalue weighted by Crippen LogP contribution is 2.17. The maximum atomic E-state index is 5.84. The van der Waals surface area contributed by atoms with Crippen molar-refractivity contribution in [2.45, 2.75) is 20.0 Å². The predicted molar refractivity (Wildman–Crippen MR) is 94.3 cm³/mol. The molecule has 0 spiro atoms. The summed E-state index contributed by atoms with van der Waals surface area (Å²) in [4.78, 5) is 0. The Labute approximate surface area is 148 Å². The minimum absolute atomic E-state index is 0.320. The van der Waals surface area contributed by atoms with Crippen LogP contribution in [0.1, 0.15) is 24.3 Å². The van der Waals surface area contributed by atoms with Crippen molar-refractivity contribution in [3.05, 3.63) is 63.5 Å². The Morgan fingerprint density at radius 2 is 2.12 bits per heavy atom. The van der Waals surface area contributed by atoms with Crippen LogP contribution in [0.15, 0.2) is 45.9 Å². The Hall–Kier alpha value is -2.38. The Morgan fingerprint density at radius 1 is 1.33 bits per heavy atom. The summed E-state index contributed by atoms with van der Waals surface area (Å²) in [6.45, 7) is 2.30. The van der Waals surface area contributed by atoms with Gasteiger partial charge in [0.1, 0.15) is 23.9 Å². The number of hydrogen-bond acceptors (Lipinski definition) is 5. The molecule has 0 aliphatic heterocycles. The molecule has 1 N–H and O–H groups in total. The fourth-order valence-electron chi connectivity index (χ4n) is 2.01. The van der Waals surface area contributed by atoms with E-state index in [0.717, 1.165) is 18.0 Å². The van der Waals surface area contributed by atoms with Crippen LogP contribution in [0, 0.1) is 4.77 Å². The third-order valence-corrected chi connectivity index (χ3v) is 3.73. The molecular weight excluding hydrogens is 348 g/mol. The molecule has 0 saturated heterocycles. The van der Waals surface area contributed by atoms with Crippen molar-refractivity contribution in [3.63, 3.8) is 0 Å². The van der Waals surface area contributed by atoms with Gasteiger partial charge >= 0.3 is 0 Å². The van der Waals surface area contributed by atoms with E-state index in [4.69, 9.17) is 33.0 Å². The number of rotatable bonds is 6. The predicted octanol–water partition coefficient (Wildman–Crippen LogP) is 4.21. The number of furan rings is 1. The van der Waals surface area contributed by atoms with Gasteiger partial charge in [0, 0.05) is 11.4 Å². The summed E-state index contributed by atoms with van der Waals surface area (Å²) in [5.41, 5.74) is 0. The maximum absolute atomic E-state index is 5.84. The molecule has 3 aromatic rings. The van der Waals surface area contributed by atoms with Gasteiger partial charge in [0.25, 0.3) is 0 Å². The van der Waals surface area contributed by atoms with Crippen LogP contribution in [0.2, 0.25) is 5.02 Å². The molecule has 0 atom stereocenters. The highest BCUT2D eigenvalue weighted by molar-refractivity contribution is 7.71. The summed E-state index contributed by atoms with van der Waals surface area (Å²) in [5.74, 6) is 2.78. The van der Waals surface area contributed by atoms with E-state index in [1.54, 1.807) is 35.2 Å². The molecule has 0 saturated carbocycles. The molecule has 0 fully saturated rings. The van der Waals surface area contributed by atoms with Crippen molar-refractivity contribution in [2.24, 2.45) is 5.10 Å². The second-order valence-corrected chi connectivity index (χ2v) is 5.72. The lowest BCUT2D eigenvalue weighted by Crippen LogP contribution is -1.97. The summed E-state index contributed by atoms with van der Waals surface area (Å²) in [6, 6.07) is 10.8. The number of aromatic amines is 1. The monoisotopic (exact) mass is 362 g/mol. The van der Waals surface area contributed by atoms with E-state index in [0.29, 0.717) is 27.9 Å². The second-order valence-electron chi connectivity index (χ2n) is 4.90. The van der Waals surface area contributed by atoms with E-state index in [1.807, 2.05) is 19.1 Å². The van der Waals surface area contributed by atoms with E-state index in [1.165, 1.54) is 0 Å². The zero-order valence-electron chi connectivity index (χ0n) is 12.9. The molecular formula is C16H15ClN4O2S. The molecule has 0 radical (unpaired) electrons. The molecule has 0 aliphatic rings. The van der Waals surface area contributed by atoms with Crippen LogP contribution < -0.4 is 4.74 Å². The van der Waals surface area contributed by atoms with Gasteiger partial charge in [0.05, 0.1) is 6.21 Å². The van der Waals surface area contributed by atoms with Gasteiger partial charge in [0.15, 0.2) is 5.82 Å². The minimum Gasteiger partial charge on any atom is -0.486 e. The van der Waals surface area contributed by atoms with Gasteiger partial charge in [-0.25, -0.2) is 0 Å². The van der Waals surface area contributed by atoms with Gasteiger partial charge in [-0.3, -0.25) is 5.10 Å². The van der Waals surface area contributed by atoms with Crippen molar-refractivity contribution >= 4 is 30.0 Å². The molecule has 2 aromatic heterocycles. The number of H-pyrrole nitrogens is 1. The van der Waals surface area contributed by atoms with E-state index in [9.17, 15) is 0 Å². The first kappa shape index (κ1) is 16.5. The maximum Gasteiger partial charge on any atom is 0.216 e. The molecule has 24 heavy (non-hydrogen) atoms. The van der Waals surface area contributed by atoms with Gasteiger partial charge < -0.3 is 9.15 Å². The number of aromatic nitrogens is 3. The normalized spacial score (nSPS) is 11.2. The standard InChI is InChI=1S/C16H15ClN4O2S/c1-2-15-19-20-16(24)21(15)18-9-13-7-8-14(23-13)10-22-12-5-3-11(17)4-6-12/h3-9H,2,10H2,1H3,(H,20,24)/b18-9+. The molecule has 124 valence electrons. The van der Waals surface area contributed by atoms with E-state index in [2.05, 4.69) is 15.3 Å². The Bertz CT molecular complexity index is 895. The van der Waals surface area contributed by atoms with Crippen molar-refractivity contribution in [2.75, 3.05) is 0 Å². The smallest absolute Gasteiger partial charge is 0.216 e. The van der Waals surface area contributed by atoms with Crippen LogP contribution in [0.25, 0.3) is 0 Å². The summed E-state index contributed by atoms with van der Waals surface area (Å²) >= 11 is 11.0. The topological polar surface area (TPSA) is 68.3 Å². The number of benzene rings is 1. The van der Waals surface area contributed by atoms with Crippen LogP contribution in [0.4, 0.5) is 0 Å². The third-order valence-electron chi connectivity index (χ3n) is 3.21. The molecule has 0 bridgehead atoms. The first-order valence-electron chi connectivity index (χ1n) is 7.33. The highest BCUT2D eigenvalue weighted by Gasteiger charge is 2.04. The van der Waals surface area contributed by atoms with Gasteiger partial charge in [0.2, 0.25) is 4.77 Å². The number of hydrogen-bond donors (Lipinski definition) is 1. The molecule has 2 heterocycles. The van der Waals surface area contributed by atoms with Crippen LogP contribution in [-0.2, 0) is 13.0 Å². The number of nitrogens with zero attached hydrogens (tertiary/aromatic N) is 3. The average molecular weight is 363 g/mol. The van der Waals surface area contributed by atoms with Crippen molar-refractivity contribution in [1.82, 2.24) is 14.9 Å². The zero-order chi connectivity index (χ0) is 16.9. The van der Waals surface area contributed by atoms with E-state index >= 15 is 0 Å². The quantitative estimate of drug-likeness (QED) is 0.526. The number of halogens is 1. The molecule has 0 aliphatic carbocycles. The van der Waals surface area contributed by atoms with Gasteiger partial charge in [-0.15, -0.1) is 0 Å². The zero-order valence-corrected chi connectivity index (χ0v) is 14.5. The lowest BCUT2D eigenvalue weighted by Gasteiger charge is -2.03. The summed E-state index contributed by atoms with van der Waals surface area (Å²) in [6.07, 6.45) is 2.32. The number of aryl methyl sites for hydroxylation is 1. The van der Waals surface area contributed by atoms with Crippen LogP contribution >= 0.6 is 23.8 Å². The lowest BCUT2D eigenvalue weighted by atomic mass is 10.3. The van der Waals surface area contributed by atoms with Crippen LogP contribution in [0.5, 0.6) is 5.75 Å². The van der Waals surface area contributed by atoms with Gasteiger partial charge in [-0.1, -0.05) is 18.5 Å². The van der Waals surface area contributed by atoms with E-state index < -0.39 is 0 Å². The first-order chi connectivity index (χ1) is 11.7. The van der Waals surface area contributed by atoms with E-state index in [-0.39, 0.29) is 0 Å². The highest BCUT2D eigenvalue weighted by atomic mass is 35.5. The van der Waals surface area contributed by atoms with Gasteiger partial charge in [-0.2, -0.15) is 14.9 Å². The summed E-state index contributed by atoms with van der Waals surface area (Å²) in [5, 5.41) is 11.8. The summed E-state index contributed by atoms with van der Waals surface area (Å²) in [7, 11) is 0. The SMILES string of the molecule is CCc1n[nH]c(=S)n1/N=C/c1ccc(COc2ccc(Cl)cc2)o1. The molecule has 8 heteroatoms. The Balaban J connectivity index is 1.65. The minimum atomic E-state index is 0.320. The molecule has 3 rings (SSSR count). The lowest BCUT2D eigenvalue weighted by molar-refractivity contribution is 0.270. The fraction of sp³-hybridized carbons (Fsp3) is 0.188. The van der Waals surface area contributed by atoms with Crippen molar-refractivity contribution < 1.29 is 9.15 Å². The van der Waals surface area contributed by atoms with Gasteiger partial charge in [-0.05, 0) is 48.6 Å². The number of ether oxygens (including phenoxy) is 1. The average Bonchev–Trinajstić information content (AvgIpc) is 3.18. The third kappa shape index (κ3) is 3.93. The largest absolute Gasteiger partial charge is 0.486 e. The molecule has 0 amide bonds. The number of nitrogens with one attached hydrogen (secondary N) is 1. The van der Waals surface area contributed by atoms with Crippen molar-refractivity contribution in [3.8, 4) is 5.75 Å². The Kier molecular flexibility index (Phi) is 5.12. The van der Waals surface area contributed by atoms with Crippen molar-refractivity contribution in [1.29, 1.82) is 0 Å². The molecule has 0 unspecified atom stereocenters. The fourth-order valence-corrected chi connectivity index (χ4v) is 2.34. The van der Waals surface area contributed by atoms with Crippen LogP contribution in [0.3, 0.4) is 0 Å².